The molecular weight excluding hydrogens is 308 g/mol. The Labute approximate surface area is 143 Å². The first-order valence-corrected chi connectivity index (χ1v) is 7.95. The Morgan fingerprint density at radius 2 is 1.12 bits per heavy atom. The van der Waals surface area contributed by atoms with Crippen LogP contribution in [0.15, 0.2) is 12.1 Å². The second-order valence-corrected chi connectivity index (χ2v) is 5.57. The summed E-state index contributed by atoms with van der Waals surface area (Å²) in [7, 11) is 0. The Kier molecular flexibility index (Phi) is 8.64. The topological polar surface area (TPSA) is 84.5 Å². The maximum atomic E-state index is 9.35. The molecule has 6 heteroatoms. The van der Waals surface area contributed by atoms with E-state index in [2.05, 4.69) is 0 Å². The monoisotopic (exact) mass is 332 g/mol. The number of hydrogen-bond donors (Lipinski definition) is 0. The van der Waals surface area contributed by atoms with E-state index in [1.807, 2.05) is 39.8 Å². The van der Waals surface area contributed by atoms with Crippen molar-refractivity contribution in [1.29, 1.82) is 10.5 Å². The van der Waals surface area contributed by atoms with E-state index in [4.69, 9.17) is 18.9 Å². The first kappa shape index (κ1) is 19.8. The molecule has 6 nitrogen and oxygen atoms in total. The molecule has 0 amide bonds. The molecule has 0 aromatic heterocycles. The van der Waals surface area contributed by atoms with Crippen molar-refractivity contribution in [3.8, 4) is 23.6 Å². The molecule has 1 aromatic carbocycles. The molecule has 0 unspecified atom stereocenters. The standard InChI is InChI=1S/C18H24N2O4/c1-13(2)21-7-9-23-17-5-6-18(16(12-20)15(17)11-19)24-10-8-22-14(3)4/h5-6,13-14H,7-10H2,1-4H3. The maximum Gasteiger partial charge on any atom is 0.138 e. The van der Waals surface area contributed by atoms with Crippen molar-refractivity contribution < 1.29 is 18.9 Å². The van der Waals surface area contributed by atoms with Gasteiger partial charge in [-0.2, -0.15) is 10.5 Å². The van der Waals surface area contributed by atoms with Gasteiger partial charge in [-0.1, -0.05) is 0 Å². The van der Waals surface area contributed by atoms with Gasteiger partial charge in [0, 0.05) is 0 Å². The first-order valence-electron chi connectivity index (χ1n) is 7.95. The van der Waals surface area contributed by atoms with Gasteiger partial charge in [0.2, 0.25) is 0 Å². The lowest BCUT2D eigenvalue weighted by atomic mass is 10.1. The summed E-state index contributed by atoms with van der Waals surface area (Å²) in [4.78, 5) is 0. The van der Waals surface area contributed by atoms with Crippen LogP contribution in [0, 0.1) is 22.7 Å². The van der Waals surface area contributed by atoms with Gasteiger partial charge in [0.15, 0.2) is 0 Å². The van der Waals surface area contributed by atoms with Gasteiger partial charge in [-0.25, -0.2) is 0 Å². The molecule has 0 spiro atoms. The molecule has 0 N–H and O–H groups in total. The molecule has 130 valence electrons. The Balaban J connectivity index is 2.76. The van der Waals surface area contributed by atoms with E-state index in [9.17, 15) is 10.5 Å². The number of nitriles is 2. The molecule has 0 saturated heterocycles. The van der Waals surface area contributed by atoms with Crippen molar-refractivity contribution in [3.63, 3.8) is 0 Å². The summed E-state index contributed by atoms with van der Waals surface area (Å²) in [6, 6.07) is 7.29. The Morgan fingerprint density at radius 3 is 1.42 bits per heavy atom. The summed E-state index contributed by atoms with van der Waals surface area (Å²) in [5.74, 6) is 0.708. The second kappa shape index (κ2) is 10.5. The Morgan fingerprint density at radius 1 is 0.750 bits per heavy atom. The summed E-state index contributed by atoms with van der Waals surface area (Å²) in [6.07, 6.45) is 0.227. The highest BCUT2D eigenvalue weighted by atomic mass is 16.5. The van der Waals surface area contributed by atoms with Crippen molar-refractivity contribution in [2.24, 2.45) is 0 Å². The minimum absolute atomic E-state index is 0.113. The van der Waals surface area contributed by atoms with Crippen molar-refractivity contribution in [1.82, 2.24) is 0 Å². The summed E-state index contributed by atoms with van der Waals surface area (Å²) in [5.41, 5.74) is 0.341. The van der Waals surface area contributed by atoms with Gasteiger partial charge < -0.3 is 18.9 Å². The fourth-order valence-electron chi connectivity index (χ4n) is 1.90. The zero-order valence-electron chi connectivity index (χ0n) is 14.7. The molecule has 0 atom stereocenters. The summed E-state index contributed by atoms with van der Waals surface area (Å²) in [5, 5.41) is 18.7. The van der Waals surface area contributed by atoms with Gasteiger partial charge in [-0.15, -0.1) is 0 Å². The normalized spacial score (nSPS) is 10.5. The van der Waals surface area contributed by atoms with Crippen LogP contribution in [0.3, 0.4) is 0 Å². The lowest BCUT2D eigenvalue weighted by Crippen LogP contribution is -2.13. The SMILES string of the molecule is CC(C)OCCOc1ccc(OCCOC(C)C)c(C#N)c1C#N. The van der Waals surface area contributed by atoms with E-state index in [0.717, 1.165) is 0 Å². The van der Waals surface area contributed by atoms with Crippen LogP contribution < -0.4 is 9.47 Å². The number of rotatable bonds is 10. The average Bonchev–Trinajstić information content (AvgIpc) is 2.55. The number of nitrogens with zero attached hydrogens (tertiary/aromatic N) is 2. The van der Waals surface area contributed by atoms with Crippen LogP contribution >= 0.6 is 0 Å². The molecule has 0 heterocycles. The molecule has 0 saturated carbocycles. The number of hydrogen-bond acceptors (Lipinski definition) is 6. The minimum atomic E-state index is 0.113. The summed E-state index contributed by atoms with van der Waals surface area (Å²) >= 11 is 0. The highest BCUT2D eigenvalue weighted by molar-refractivity contribution is 5.60. The van der Waals surface area contributed by atoms with E-state index in [1.54, 1.807) is 12.1 Å². The van der Waals surface area contributed by atoms with Crippen LogP contribution in [0.4, 0.5) is 0 Å². The van der Waals surface area contributed by atoms with Gasteiger partial charge in [-0.3, -0.25) is 0 Å². The van der Waals surface area contributed by atoms with E-state index >= 15 is 0 Å². The summed E-state index contributed by atoms with van der Waals surface area (Å²) in [6.45, 7) is 9.17. The Bertz CT molecular complexity index is 547. The van der Waals surface area contributed by atoms with E-state index in [0.29, 0.717) is 37.9 Å². The van der Waals surface area contributed by atoms with Crippen LogP contribution in [0.5, 0.6) is 11.5 Å². The minimum Gasteiger partial charge on any atom is -0.490 e. The lowest BCUT2D eigenvalue weighted by molar-refractivity contribution is 0.0543. The van der Waals surface area contributed by atoms with Gasteiger partial charge in [0.25, 0.3) is 0 Å². The maximum absolute atomic E-state index is 9.35. The number of ether oxygens (including phenoxy) is 4. The zero-order chi connectivity index (χ0) is 17.9. The lowest BCUT2D eigenvalue weighted by Gasteiger charge is -2.14. The third-order valence-corrected chi connectivity index (χ3v) is 2.94. The molecule has 0 aliphatic heterocycles. The molecule has 0 fully saturated rings. The predicted molar refractivity (Wildman–Crippen MR) is 89.0 cm³/mol. The third kappa shape index (κ3) is 6.45. The fourth-order valence-corrected chi connectivity index (χ4v) is 1.90. The van der Waals surface area contributed by atoms with Crippen molar-refractivity contribution in [3.05, 3.63) is 23.3 Å². The van der Waals surface area contributed by atoms with E-state index < -0.39 is 0 Å². The molecule has 0 aliphatic rings. The van der Waals surface area contributed by atoms with Gasteiger partial charge in [0.1, 0.15) is 48.0 Å². The van der Waals surface area contributed by atoms with E-state index in [-0.39, 0.29) is 23.3 Å². The van der Waals surface area contributed by atoms with Gasteiger partial charge in [0.05, 0.1) is 25.4 Å². The highest BCUT2D eigenvalue weighted by Gasteiger charge is 2.15. The predicted octanol–water partition coefficient (Wildman–Crippen LogP) is 3.04. The third-order valence-electron chi connectivity index (χ3n) is 2.94. The fraction of sp³-hybridized carbons (Fsp3) is 0.556. The molecule has 0 radical (unpaired) electrons. The zero-order valence-corrected chi connectivity index (χ0v) is 14.7. The second-order valence-electron chi connectivity index (χ2n) is 5.57. The van der Waals surface area contributed by atoms with Crippen LogP contribution in [-0.4, -0.2) is 38.6 Å². The largest absolute Gasteiger partial charge is 0.490 e. The van der Waals surface area contributed by atoms with Gasteiger partial charge in [-0.05, 0) is 39.8 Å². The van der Waals surface area contributed by atoms with Crippen molar-refractivity contribution >= 4 is 0 Å². The Hall–Kier alpha value is -2.28. The molecule has 0 aliphatic carbocycles. The quantitative estimate of drug-likeness (QED) is 0.612. The summed E-state index contributed by atoms with van der Waals surface area (Å²) < 4.78 is 21.9. The van der Waals surface area contributed by atoms with E-state index in [1.165, 1.54) is 0 Å². The first-order chi connectivity index (χ1) is 11.5. The number of benzene rings is 1. The molecule has 0 bridgehead atoms. The van der Waals surface area contributed by atoms with Crippen molar-refractivity contribution in [2.45, 2.75) is 39.9 Å². The van der Waals surface area contributed by atoms with Gasteiger partial charge >= 0.3 is 0 Å². The van der Waals surface area contributed by atoms with Crippen LogP contribution in [0.2, 0.25) is 0 Å². The molecule has 24 heavy (non-hydrogen) atoms. The van der Waals surface area contributed by atoms with Crippen LogP contribution in [0.25, 0.3) is 0 Å². The van der Waals surface area contributed by atoms with Crippen LogP contribution in [0.1, 0.15) is 38.8 Å². The highest BCUT2D eigenvalue weighted by Crippen LogP contribution is 2.29. The molecule has 1 aromatic rings. The van der Waals surface area contributed by atoms with Crippen LogP contribution in [-0.2, 0) is 9.47 Å². The molecule has 1 rings (SSSR count). The molecular formula is C18H24N2O4. The average molecular weight is 332 g/mol. The smallest absolute Gasteiger partial charge is 0.138 e. The van der Waals surface area contributed by atoms with Crippen molar-refractivity contribution in [2.75, 3.05) is 26.4 Å².